The molecule has 0 radical (unpaired) electrons. The number of anilines is 1. The van der Waals surface area contributed by atoms with Crippen LogP contribution in [0, 0.1) is 0 Å². The number of ketones is 1. The summed E-state index contributed by atoms with van der Waals surface area (Å²) in [6.07, 6.45) is 0. The summed E-state index contributed by atoms with van der Waals surface area (Å²) < 4.78 is 21.4. The molecule has 0 spiro atoms. The van der Waals surface area contributed by atoms with Crippen LogP contribution < -0.4 is 24.3 Å². The maximum Gasteiger partial charge on any atom is 0.258 e. The molecule has 1 amide bonds. The second kappa shape index (κ2) is 11.9. The summed E-state index contributed by atoms with van der Waals surface area (Å²) in [5.41, 5.74) is 0.535. The SMILES string of the molecule is CCOc1cc(N=NC(C(C)=O)C(=O)Nc2c(OC)ccc(OC)c2Cl)cc(OCC)c1. The highest BCUT2D eigenvalue weighted by Gasteiger charge is 2.26. The Labute approximate surface area is 191 Å². The van der Waals surface area contributed by atoms with Crippen LogP contribution >= 0.6 is 11.6 Å². The number of azo groups is 1. The molecule has 0 saturated heterocycles. The molecule has 0 heterocycles. The van der Waals surface area contributed by atoms with Gasteiger partial charge in [-0.3, -0.25) is 9.59 Å². The molecule has 1 atom stereocenters. The van der Waals surface area contributed by atoms with Crippen molar-refractivity contribution in [3.8, 4) is 23.0 Å². The lowest BCUT2D eigenvalue weighted by atomic mass is 10.2. The highest BCUT2D eigenvalue weighted by molar-refractivity contribution is 6.35. The fourth-order valence-corrected chi connectivity index (χ4v) is 3.01. The van der Waals surface area contributed by atoms with E-state index in [2.05, 4.69) is 15.5 Å². The minimum absolute atomic E-state index is 0.130. The number of nitrogens with one attached hydrogen (secondary N) is 1. The highest BCUT2D eigenvalue weighted by Crippen LogP contribution is 2.39. The zero-order chi connectivity index (χ0) is 23.7. The molecule has 0 aromatic heterocycles. The Hall–Kier alpha value is -3.33. The molecule has 0 aliphatic rings. The highest BCUT2D eigenvalue weighted by atomic mass is 35.5. The Morgan fingerprint density at radius 1 is 1.00 bits per heavy atom. The summed E-state index contributed by atoms with van der Waals surface area (Å²) >= 11 is 6.30. The van der Waals surface area contributed by atoms with Gasteiger partial charge in [0, 0.05) is 18.2 Å². The summed E-state index contributed by atoms with van der Waals surface area (Å²) in [6.45, 7) is 5.85. The maximum atomic E-state index is 12.8. The Balaban J connectivity index is 2.33. The van der Waals surface area contributed by atoms with Crippen LogP contribution in [-0.4, -0.2) is 45.2 Å². The number of hydrogen-bond donors (Lipinski definition) is 1. The summed E-state index contributed by atoms with van der Waals surface area (Å²) in [5.74, 6) is 0.471. The third-order valence-electron chi connectivity index (χ3n) is 4.17. The number of nitrogens with zero attached hydrogens (tertiary/aromatic N) is 2. The number of benzene rings is 2. The van der Waals surface area contributed by atoms with E-state index in [9.17, 15) is 9.59 Å². The molecular weight excluding hydrogens is 438 g/mol. The number of carbonyl (C=O) groups excluding carboxylic acids is 2. The van der Waals surface area contributed by atoms with Crippen LogP contribution in [0.25, 0.3) is 0 Å². The molecule has 0 fully saturated rings. The molecule has 9 nitrogen and oxygen atoms in total. The zero-order valence-corrected chi connectivity index (χ0v) is 19.4. The van der Waals surface area contributed by atoms with Crippen molar-refractivity contribution in [1.82, 2.24) is 0 Å². The summed E-state index contributed by atoms with van der Waals surface area (Å²) in [7, 11) is 2.87. The Bertz CT molecular complexity index is 972. The zero-order valence-electron chi connectivity index (χ0n) is 18.6. The van der Waals surface area contributed by atoms with Crippen molar-refractivity contribution in [3.63, 3.8) is 0 Å². The lowest BCUT2D eigenvalue weighted by Crippen LogP contribution is -2.32. The summed E-state index contributed by atoms with van der Waals surface area (Å²) in [6, 6.07) is 6.75. The molecule has 32 heavy (non-hydrogen) atoms. The van der Waals surface area contributed by atoms with Gasteiger partial charge in [0.15, 0.2) is 5.78 Å². The van der Waals surface area contributed by atoms with Crippen LogP contribution in [0.1, 0.15) is 20.8 Å². The minimum atomic E-state index is -1.41. The number of halogens is 1. The average molecular weight is 464 g/mol. The van der Waals surface area contributed by atoms with Crippen molar-refractivity contribution < 1.29 is 28.5 Å². The van der Waals surface area contributed by atoms with E-state index >= 15 is 0 Å². The van der Waals surface area contributed by atoms with Gasteiger partial charge in [-0.1, -0.05) is 11.6 Å². The topological polar surface area (TPSA) is 108 Å². The number of carbonyl (C=O) groups is 2. The average Bonchev–Trinajstić information content (AvgIpc) is 2.75. The van der Waals surface area contributed by atoms with Crippen LogP contribution in [0.5, 0.6) is 23.0 Å². The fraction of sp³-hybridized carbons (Fsp3) is 0.364. The van der Waals surface area contributed by atoms with Crippen molar-refractivity contribution in [2.75, 3.05) is 32.8 Å². The van der Waals surface area contributed by atoms with E-state index in [1.165, 1.54) is 21.1 Å². The molecule has 0 bridgehead atoms. The summed E-state index contributed by atoms with van der Waals surface area (Å²) in [4.78, 5) is 25.0. The maximum absolute atomic E-state index is 12.8. The normalized spacial score (nSPS) is 11.7. The van der Waals surface area contributed by atoms with Crippen molar-refractivity contribution >= 4 is 34.7 Å². The number of hydrogen-bond acceptors (Lipinski definition) is 8. The van der Waals surface area contributed by atoms with Gasteiger partial charge in [0.1, 0.15) is 33.7 Å². The van der Waals surface area contributed by atoms with E-state index < -0.39 is 17.7 Å². The molecule has 10 heteroatoms. The largest absolute Gasteiger partial charge is 0.495 e. The van der Waals surface area contributed by atoms with Crippen LogP contribution in [0.15, 0.2) is 40.6 Å². The van der Waals surface area contributed by atoms with E-state index in [0.29, 0.717) is 41.9 Å². The molecule has 1 unspecified atom stereocenters. The van der Waals surface area contributed by atoms with Crippen LogP contribution in [0.2, 0.25) is 5.02 Å². The first-order valence-corrected chi connectivity index (χ1v) is 10.3. The monoisotopic (exact) mass is 463 g/mol. The van der Waals surface area contributed by atoms with Crippen molar-refractivity contribution in [3.05, 3.63) is 35.4 Å². The molecule has 0 aliphatic carbocycles. The Morgan fingerprint density at radius 2 is 1.56 bits per heavy atom. The van der Waals surface area contributed by atoms with Gasteiger partial charge in [-0.25, -0.2) is 0 Å². The van der Waals surface area contributed by atoms with E-state index in [0.717, 1.165) is 0 Å². The first-order chi connectivity index (χ1) is 15.3. The number of methoxy groups -OCH3 is 2. The van der Waals surface area contributed by atoms with Gasteiger partial charge >= 0.3 is 0 Å². The number of Topliss-reactive ketones (excluding diaryl/α,β-unsaturated/α-hetero) is 1. The molecule has 172 valence electrons. The van der Waals surface area contributed by atoms with Crippen molar-refractivity contribution in [2.45, 2.75) is 26.8 Å². The van der Waals surface area contributed by atoms with Gasteiger partial charge in [0.05, 0.1) is 33.1 Å². The lowest BCUT2D eigenvalue weighted by Gasteiger charge is -2.15. The van der Waals surface area contributed by atoms with Gasteiger partial charge in [0.2, 0.25) is 6.04 Å². The van der Waals surface area contributed by atoms with E-state index in [4.69, 9.17) is 30.5 Å². The minimum Gasteiger partial charge on any atom is -0.495 e. The first kappa shape index (κ1) is 24.9. The number of ether oxygens (including phenoxy) is 4. The second-order valence-electron chi connectivity index (χ2n) is 6.41. The van der Waals surface area contributed by atoms with Crippen molar-refractivity contribution in [1.29, 1.82) is 0 Å². The quantitative estimate of drug-likeness (QED) is 0.377. The summed E-state index contributed by atoms with van der Waals surface area (Å²) in [5, 5.41) is 10.7. The van der Waals surface area contributed by atoms with Gasteiger partial charge in [0.25, 0.3) is 5.91 Å². The van der Waals surface area contributed by atoms with Gasteiger partial charge < -0.3 is 24.3 Å². The smallest absolute Gasteiger partial charge is 0.258 e. The molecule has 2 aromatic rings. The number of amides is 1. The molecule has 2 aromatic carbocycles. The van der Waals surface area contributed by atoms with E-state index in [1.54, 1.807) is 30.3 Å². The number of rotatable bonds is 11. The second-order valence-corrected chi connectivity index (χ2v) is 6.78. The Morgan fingerprint density at radius 3 is 2.06 bits per heavy atom. The predicted molar refractivity (Wildman–Crippen MR) is 121 cm³/mol. The van der Waals surface area contributed by atoms with Gasteiger partial charge in [-0.15, -0.1) is 0 Å². The van der Waals surface area contributed by atoms with Crippen LogP contribution in [0.4, 0.5) is 11.4 Å². The van der Waals surface area contributed by atoms with Gasteiger partial charge in [-0.05, 0) is 32.9 Å². The molecule has 0 saturated carbocycles. The fourth-order valence-electron chi connectivity index (χ4n) is 2.73. The van der Waals surface area contributed by atoms with Crippen molar-refractivity contribution in [2.24, 2.45) is 10.2 Å². The predicted octanol–water partition coefficient (Wildman–Crippen LogP) is 4.83. The molecule has 1 N–H and O–H groups in total. The van der Waals surface area contributed by atoms with E-state index in [-0.39, 0.29) is 10.7 Å². The molecular formula is C22H26ClN3O6. The lowest BCUT2D eigenvalue weighted by molar-refractivity contribution is -0.126. The van der Waals surface area contributed by atoms with Gasteiger partial charge in [-0.2, -0.15) is 10.2 Å². The molecule has 2 rings (SSSR count). The molecule has 0 aliphatic heterocycles. The third kappa shape index (κ3) is 6.34. The standard InChI is InChI=1S/C22H26ClN3O6/c1-6-31-15-10-14(11-16(12-15)32-7-2)25-26-20(13(3)27)22(28)24-21-18(30-5)9-8-17(29-4)19(21)23/h8-12,20H,6-7H2,1-5H3,(H,24,28). The first-order valence-electron chi connectivity index (χ1n) is 9.87. The van der Waals surface area contributed by atoms with E-state index in [1.807, 2.05) is 13.8 Å². The third-order valence-corrected chi connectivity index (χ3v) is 4.54. The van der Waals surface area contributed by atoms with Crippen LogP contribution in [-0.2, 0) is 9.59 Å². The van der Waals surface area contributed by atoms with Crippen LogP contribution in [0.3, 0.4) is 0 Å². The Kier molecular flexibility index (Phi) is 9.27.